The van der Waals surface area contributed by atoms with Crippen LogP contribution in [0.3, 0.4) is 0 Å². The number of carbonyl (C=O) groups excluding carboxylic acids is 1. The van der Waals surface area contributed by atoms with Crippen LogP contribution in [-0.4, -0.2) is 29.3 Å². The van der Waals surface area contributed by atoms with Crippen molar-refractivity contribution in [3.8, 4) is 0 Å². The van der Waals surface area contributed by atoms with Crippen molar-refractivity contribution in [2.75, 3.05) is 11.4 Å². The van der Waals surface area contributed by atoms with E-state index in [1.165, 1.54) is 0 Å². The smallest absolute Gasteiger partial charge is 0.414 e. The fourth-order valence-corrected chi connectivity index (χ4v) is 2.69. The van der Waals surface area contributed by atoms with E-state index in [0.717, 1.165) is 16.8 Å². The number of carboxylic acids is 1. The van der Waals surface area contributed by atoms with Crippen LogP contribution < -0.4 is 4.90 Å². The third kappa shape index (κ3) is 3.40. The van der Waals surface area contributed by atoms with Gasteiger partial charge in [0.2, 0.25) is 0 Å². The van der Waals surface area contributed by atoms with Crippen LogP contribution in [0.25, 0.3) is 0 Å². The van der Waals surface area contributed by atoms with E-state index >= 15 is 0 Å². The fraction of sp³-hybridized carbons (Fsp3) is 0.529. The first-order valence-corrected chi connectivity index (χ1v) is 7.35. The lowest BCUT2D eigenvalue weighted by Gasteiger charge is -2.25. The number of hydrogen-bond acceptors (Lipinski definition) is 3. The molecular formula is C17H23NO4. The summed E-state index contributed by atoms with van der Waals surface area (Å²) in [6.07, 6.45) is -0.388. The number of nitrogens with zero attached hydrogens (tertiary/aromatic N) is 1. The summed E-state index contributed by atoms with van der Waals surface area (Å²) in [5.74, 6) is -0.861. The summed E-state index contributed by atoms with van der Waals surface area (Å²) in [4.78, 5) is 24.9. The lowest BCUT2D eigenvalue weighted by atomic mass is 9.86. The number of carboxylic acid groups (broad SMARTS) is 1. The minimum atomic E-state index is -0.861. The Bertz CT molecular complexity index is 614. The SMILES string of the molecule is CC(C)(C)OC(=O)N1CC(C)(C)c2cc(CC(=O)O)ccc21. The van der Waals surface area contributed by atoms with E-state index in [4.69, 9.17) is 9.84 Å². The molecule has 22 heavy (non-hydrogen) atoms. The van der Waals surface area contributed by atoms with Crippen LogP contribution in [0.15, 0.2) is 18.2 Å². The second kappa shape index (κ2) is 5.30. The van der Waals surface area contributed by atoms with E-state index in [-0.39, 0.29) is 17.9 Å². The molecule has 0 unspecified atom stereocenters. The minimum Gasteiger partial charge on any atom is -0.481 e. The molecule has 1 amide bonds. The number of ether oxygens (including phenoxy) is 1. The average molecular weight is 305 g/mol. The van der Waals surface area contributed by atoms with E-state index in [1.807, 2.05) is 46.8 Å². The van der Waals surface area contributed by atoms with Crippen molar-refractivity contribution in [2.24, 2.45) is 0 Å². The molecule has 1 heterocycles. The molecule has 0 saturated heterocycles. The molecule has 0 atom stereocenters. The second-order valence-electron chi connectivity index (χ2n) is 7.37. The van der Waals surface area contributed by atoms with Gasteiger partial charge in [-0.2, -0.15) is 0 Å². The first-order chi connectivity index (χ1) is 9.99. The molecule has 0 saturated carbocycles. The van der Waals surface area contributed by atoms with E-state index in [9.17, 15) is 9.59 Å². The van der Waals surface area contributed by atoms with Gasteiger partial charge in [-0.1, -0.05) is 26.0 Å². The Labute approximate surface area is 130 Å². The van der Waals surface area contributed by atoms with Crippen LogP contribution in [0.4, 0.5) is 10.5 Å². The number of amides is 1. The van der Waals surface area contributed by atoms with Gasteiger partial charge in [0.05, 0.1) is 12.1 Å². The highest BCUT2D eigenvalue weighted by atomic mass is 16.6. The van der Waals surface area contributed by atoms with Crippen LogP contribution in [0, 0.1) is 0 Å². The highest BCUT2D eigenvalue weighted by Gasteiger charge is 2.39. The van der Waals surface area contributed by atoms with Crippen LogP contribution in [0.2, 0.25) is 0 Å². The van der Waals surface area contributed by atoms with Crippen LogP contribution in [-0.2, 0) is 21.4 Å². The minimum absolute atomic E-state index is 0.0181. The highest BCUT2D eigenvalue weighted by molar-refractivity contribution is 5.91. The monoisotopic (exact) mass is 305 g/mol. The Hall–Kier alpha value is -2.04. The van der Waals surface area contributed by atoms with Crippen molar-refractivity contribution in [1.82, 2.24) is 0 Å². The molecule has 5 nitrogen and oxygen atoms in total. The molecule has 0 aliphatic carbocycles. The topological polar surface area (TPSA) is 66.8 Å². The first-order valence-electron chi connectivity index (χ1n) is 7.35. The predicted octanol–water partition coefficient (Wildman–Crippen LogP) is 3.35. The van der Waals surface area contributed by atoms with Crippen molar-refractivity contribution in [3.05, 3.63) is 29.3 Å². The molecule has 1 aliphatic rings. The average Bonchev–Trinajstić information content (AvgIpc) is 2.59. The molecule has 0 radical (unpaired) electrons. The zero-order chi connectivity index (χ0) is 16.7. The van der Waals surface area contributed by atoms with Crippen LogP contribution >= 0.6 is 0 Å². The zero-order valence-electron chi connectivity index (χ0n) is 13.8. The summed E-state index contributed by atoms with van der Waals surface area (Å²) in [7, 11) is 0. The summed E-state index contributed by atoms with van der Waals surface area (Å²) in [6.45, 7) is 10.1. The van der Waals surface area contributed by atoms with E-state index in [0.29, 0.717) is 6.54 Å². The lowest BCUT2D eigenvalue weighted by Crippen LogP contribution is -2.38. The quantitative estimate of drug-likeness (QED) is 0.910. The van der Waals surface area contributed by atoms with Crippen LogP contribution in [0.1, 0.15) is 45.7 Å². The van der Waals surface area contributed by atoms with Gasteiger partial charge in [-0.05, 0) is 38.0 Å². The maximum atomic E-state index is 12.4. The van der Waals surface area contributed by atoms with E-state index in [2.05, 4.69) is 0 Å². The Morgan fingerprint density at radius 2 is 1.95 bits per heavy atom. The van der Waals surface area contributed by atoms with Crippen molar-refractivity contribution >= 4 is 17.7 Å². The highest BCUT2D eigenvalue weighted by Crippen LogP contribution is 2.41. The van der Waals surface area contributed by atoms with Crippen molar-refractivity contribution in [3.63, 3.8) is 0 Å². The normalized spacial score (nSPS) is 16.3. The first kappa shape index (κ1) is 16.3. The van der Waals surface area contributed by atoms with E-state index < -0.39 is 11.6 Å². The molecule has 1 aromatic rings. The van der Waals surface area contributed by atoms with Gasteiger partial charge in [0, 0.05) is 12.0 Å². The van der Waals surface area contributed by atoms with Gasteiger partial charge >= 0.3 is 12.1 Å². The fourth-order valence-electron chi connectivity index (χ4n) is 2.69. The molecule has 0 spiro atoms. The number of aliphatic carboxylic acids is 1. The number of fused-ring (bicyclic) bond motifs is 1. The van der Waals surface area contributed by atoms with Gasteiger partial charge < -0.3 is 9.84 Å². The van der Waals surface area contributed by atoms with Crippen molar-refractivity contribution in [2.45, 2.75) is 52.1 Å². The largest absolute Gasteiger partial charge is 0.481 e. The summed E-state index contributed by atoms with van der Waals surface area (Å²) in [5.41, 5.74) is 1.74. The van der Waals surface area contributed by atoms with Gasteiger partial charge in [-0.3, -0.25) is 9.69 Å². The number of carbonyl (C=O) groups is 2. The van der Waals surface area contributed by atoms with Gasteiger partial charge in [0.15, 0.2) is 0 Å². The molecule has 1 aromatic carbocycles. The van der Waals surface area contributed by atoms with Gasteiger partial charge in [0.25, 0.3) is 0 Å². The maximum Gasteiger partial charge on any atom is 0.414 e. The molecule has 2 rings (SSSR count). The zero-order valence-corrected chi connectivity index (χ0v) is 13.8. The number of rotatable bonds is 2. The Morgan fingerprint density at radius 3 is 2.50 bits per heavy atom. The van der Waals surface area contributed by atoms with E-state index in [1.54, 1.807) is 11.0 Å². The summed E-state index contributed by atoms with van der Waals surface area (Å²) < 4.78 is 5.46. The van der Waals surface area contributed by atoms with Gasteiger partial charge in [-0.15, -0.1) is 0 Å². The van der Waals surface area contributed by atoms with Crippen molar-refractivity contribution in [1.29, 1.82) is 0 Å². The Kier molecular flexibility index (Phi) is 3.94. The standard InChI is InChI=1S/C17H23NO4/c1-16(2,3)22-15(21)18-10-17(4,5)12-8-11(9-14(19)20)6-7-13(12)18/h6-8H,9-10H2,1-5H3,(H,19,20). The third-order valence-corrected chi connectivity index (χ3v) is 3.60. The number of benzene rings is 1. The molecular weight excluding hydrogens is 282 g/mol. The summed E-state index contributed by atoms with van der Waals surface area (Å²) in [5, 5.41) is 8.93. The second-order valence-corrected chi connectivity index (χ2v) is 7.37. The lowest BCUT2D eigenvalue weighted by molar-refractivity contribution is -0.136. The van der Waals surface area contributed by atoms with Gasteiger partial charge in [-0.25, -0.2) is 4.79 Å². The molecule has 0 bridgehead atoms. The number of anilines is 1. The Balaban J connectivity index is 2.34. The summed E-state index contributed by atoms with van der Waals surface area (Å²) in [6, 6.07) is 5.45. The predicted molar refractivity (Wildman–Crippen MR) is 84.4 cm³/mol. The molecule has 1 aliphatic heterocycles. The molecule has 0 fully saturated rings. The van der Waals surface area contributed by atoms with Crippen molar-refractivity contribution < 1.29 is 19.4 Å². The van der Waals surface area contributed by atoms with Crippen LogP contribution in [0.5, 0.6) is 0 Å². The summed E-state index contributed by atoms with van der Waals surface area (Å²) >= 11 is 0. The molecule has 5 heteroatoms. The molecule has 0 aromatic heterocycles. The molecule has 1 N–H and O–H groups in total. The Morgan fingerprint density at radius 1 is 1.32 bits per heavy atom. The molecule has 120 valence electrons. The third-order valence-electron chi connectivity index (χ3n) is 3.60. The number of hydrogen-bond donors (Lipinski definition) is 1. The maximum absolute atomic E-state index is 12.4. The van der Waals surface area contributed by atoms with Gasteiger partial charge in [0.1, 0.15) is 5.60 Å².